The molecule has 0 radical (unpaired) electrons. The highest BCUT2D eigenvalue weighted by Crippen LogP contribution is 2.27. The third-order valence-corrected chi connectivity index (χ3v) is 3.29. The van der Waals surface area contributed by atoms with Crippen LogP contribution >= 0.6 is 0 Å². The molecule has 1 aromatic heterocycles. The van der Waals surface area contributed by atoms with E-state index in [0.717, 1.165) is 22.0 Å². The van der Waals surface area contributed by atoms with Crippen molar-refractivity contribution in [2.45, 2.75) is 6.04 Å². The Hall–Kier alpha value is -2.23. The SMILES string of the molecule is NNC(c1ccccc1)c1cccc2ncccc12. The lowest BCUT2D eigenvalue weighted by Gasteiger charge is -2.18. The van der Waals surface area contributed by atoms with Crippen LogP contribution in [-0.4, -0.2) is 4.98 Å². The lowest BCUT2D eigenvalue weighted by Crippen LogP contribution is -2.28. The van der Waals surface area contributed by atoms with Gasteiger partial charge in [-0.25, -0.2) is 5.43 Å². The van der Waals surface area contributed by atoms with Crippen molar-refractivity contribution in [1.29, 1.82) is 0 Å². The van der Waals surface area contributed by atoms with Crippen molar-refractivity contribution in [2.75, 3.05) is 0 Å². The number of nitrogens with zero attached hydrogens (tertiary/aromatic N) is 1. The summed E-state index contributed by atoms with van der Waals surface area (Å²) in [5, 5.41) is 1.12. The summed E-state index contributed by atoms with van der Waals surface area (Å²) in [6.45, 7) is 0. The molecule has 3 heteroatoms. The van der Waals surface area contributed by atoms with Gasteiger partial charge in [0.15, 0.2) is 0 Å². The minimum Gasteiger partial charge on any atom is -0.271 e. The molecule has 3 N–H and O–H groups in total. The van der Waals surface area contributed by atoms with E-state index in [2.05, 4.69) is 34.7 Å². The minimum atomic E-state index is -0.0332. The molecule has 0 saturated carbocycles. The van der Waals surface area contributed by atoms with E-state index in [4.69, 9.17) is 5.84 Å². The zero-order valence-corrected chi connectivity index (χ0v) is 10.5. The van der Waals surface area contributed by atoms with Gasteiger partial charge in [0.1, 0.15) is 0 Å². The van der Waals surface area contributed by atoms with Crippen molar-refractivity contribution < 1.29 is 0 Å². The number of fused-ring (bicyclic) bond motifs is 1. The molecule has 1 atom stereocenters. The summed E-state index contributed by atoms with van der Waals surface area (Å²) < 4.78 is 0. The highest BCUT2D eigenvalue weighted by Gasteiger charge is 2.14. The van der Waals surface area contributed by atoms with Crippen LogP contribution in [0.5, 0.6) is 0 Å². The summed E-state index contributed by atoms with van der Waals surface area (Å²) in [7, 11) is 0. The Morgan fingerprint density at radius 1 is 0.895 bits per heavy atom. The Morgan fingerprint density at radius 2 is 1.74 bits per heavy atom. The van der Waals surface area contributed by atoms with Gasteiger partial charge in [-0.1, -0.05) is 48.5 Å². The van der Waals surface area contributed by atoms with E-state index in [1.807, 2.05) is 36.4 Å². The Morgan fingerprint density at radius 3 is 2.53 bits per heavy atom. The molecule has 0 saturated heterocycles. The first-order chi connectivity index (χ1) is 9.40. The van der Waals surface area contributed by atoms with Gasteiger partial charge in [-0.2, -0.15) is 0 Å². The molecule has 0 spiro atoms. The number of rotatable bonds is 3. The van der Waals surface area contributed by atoms with Crippen LogP contribution in [0.2, 0.25) is 0 Å². The van der Waals surface area contributed by atoms with Gasteiger partial charge >= 0.3 is 0 Å². The molecule has 0 aliphatic heterocycles. The van der Waals surface area contributed by atoms with Crippen LogP contribution in [0.3, 0.4) is 0 Å². The summed E-state index contributed by atoms with van der Waals surface area (Å²) in [4.78, 5) is 4.38. The molecule has 0 bridgehead atoms. The van der Waals surface area contributed by atoms with E-state index >= 15 is 0 Å². The van der Waals surface area contributed by atoms with Crippen LogP contribution in [0.1, 0.15) is 17.2 Å². The second-order valence-electron chi connectivity index (χ2n) is 4.43. The summed E-state index contributed by atoms with van der Waals surface area (Å²) in [5.41, 5.74) is 6.16. The minimum absolute atomic E-state index is 0.0332. The van der Waals surface area contributed by atoms with Crippen molar-refractivity contribution in [2.24, 2.45) is 5.84 Å². The van der Waals surface area contributed by atoms with Crippen molar-refractivity contribution in [3.8, 4) is 0 Å². The van der Waals surface area contributed by atoms with E-state index in [1.165, 1.54) is 0 Å². The number of nitrogens with one attached hydrogen (secondary N) is 1. The molecule has 0 amide bonds. The van der Waals surface area contributed by atoms with Crippen molar-refractivity contribution >= 4 is 10.9 Å². The van der Waals surface area contributed by atoms with Gasteiger partial charge in [0.2, 0.25) is 0 Å². The van der Waals surface area contributed by atoms with E-state index in [9.17, 15) is 0 Å². The molecule has 0 fully saturated rings. The largest absolute Gasteiger partial charge is 0.271 e. The number of benzene rings is 2. The highest BCUT2D eigenvalue weighted by molar-refractivity contribution is 5.82. The maximum absolute atomic E-state index is 5.76. The van der Waals surface area contributed by atoms with E-state index in [0.29, 0.717) is 0 Å². The first kappa shape index (κ1) is 11.8. The molecular formula is C16H15N3. The zero-order chi connectivity index (χ0) is 13.1. The average molecular weight is 249 g/mol. The fourth-order valence-corrected chi connectivity index (χ4v) is 2.39. The Balaban J connectivity index is 2.17. The topological polar surface area (TPSA) is 50.9 Å². The molecular weight excluding hydrogens is 234 g/mol. The van der Waals surface area contributed by atoms with Gasteiger partial charge in [0.05, 0.1) is 11.6 Å². The summed E-state index contributed by atoms with van der Waals surface area (Å²) in [6, 6.07) is 20.3. The zero-order valence-electron chi connectivity index (χ0n) is 10.5. The molecule has 2 aromatic carbocycles. The maximum Gasteiger partial charge on any atom is 0.0716 e. The van der Waals surface area contributed by atoms with Gasteiger partial charge < -0.3 is 0 Å². The Kier molecular flexibility index (Phi) is 3.23. The molecule has 0 aliphatic carbocycles. The lowest BCUT2D eigenvalue weighted by atomic mass is 9.96. The number of hydrazine groups is 1. The van der Waals surface area contributed by atoms with Crippen LogP contribution in [0, 0.1) is 0 Å². The van der Waals surface area contributed by atoms with Crippen LogP contribution in [0.4, 0.5) is 0 Å². The van der Waals surface area contributed by atoms with Gasteiger partial charge in [-0.15, -0.1) is 0 Å². The lowest BCUT2D eigenvalue weighted by molar-refractivity contribution is 0.641. The predicted molar refractivity (Wildman–Crippen MR) is 77.4 cm³/mol. The Bertz CT molecular complexity index is 674. The summed E-state index contributed by atoms with van der Waals surface area (Å²) in [5.74, 6) is 5.76. The number of aromatic nitrogens is 1. The molecule has 94 valence electrons. The van der Waals surface area contributed by atoms with Gasteiger partial charge in [-0.05, 0) is 23.3 Å². The average Bonchev–Trinajstić information content (AvgIpc) is 2.49. The third-order valence-electron chi connectivity index (χ3n) is 3.29. The molecule has 19 heavy (non-hydrogen) atoms. The summed E-state index contributed by atoms with van der Waals surface area (Å²) >= 11 is 0. The Labute approximate surface area is 112 Å². The predicted octanol–water partition coefficient (Wildman–Crippen LogP) is 2.79. The number of pyridine rings is 1. The maximum atomic E-state index is 5.76. The second kappa shape index (κ2) is 5.18. The first-order valence-corrected chi connectivity index (χ1v) is 6.25. The number of hydrogen-bond donors (Lipinski definition) is 2. The van der Waals surface area contributed by atoms with Crippen molar-refractivity contribution in [3.63, 3.8) is 0 Å². The van der Waals surface area contributed by atoms with Gasteiger partial charge in [0.25, 0.3) is 0 Å². The monoisotopic (exact) mass is 249 g/mol. The molecule has 1 heterocycles. The third kappa shape index (κ3) is 2.21. The summed E-state index contributed by atoms with van der Waals surface area (Å²) in [6.07, 6.45) is 1.81. The fraction of sp³-hybridized carbons (Fsp3) is 0.0625. The van der Waals surface area contributed by atoms with E-state index in [-0.39, 0.29) is 6.04 Å². The number of nitrogens with two attached hydrogens (primary N) is 1. The standard InChI is InChI=1S/C16H15N3/c17-19-16(12-6-2-1-3-7-12)14-8-4-10-15-13(14)9-5-11-18-15/h1-11,16,19H,17H2. The van der Waals surface area contributed by atoms with Crippen LogP contribution in [-0.2, 0) is 0 Å². The normalized spacial score (nSPS) is 12.5. The number of hydrogen-bond acceptors (Lipinski definition) is 3. The van der Waals surface area contributed by atoms with Crippen LogP contribution in [0.15, 0.2) is 66.9 Å². The van der Waals surface area contributed by atoms with Gasteiger partial charge in [-0.3, -0.25) is 10.8 Å². The van der Waals surface area contributed by atoms with Crippen molar-refractivity contribution in [3.05, 3.63) is 78.0 Å². The van der Waals surface area contributed by atoms with Gasteiger partial charge in [0, 0.05) is 11.6 Å². The van der Waals surface area contributed by atoms with Crippen LogP contribution in [0.25, 0.3) is 10.9 Å². The molecule has 1 unspecified atom stereocenters. The van der Waals surface area contributed by atoms with Crippen LogP contribution < -0.4 is 11.3 Å². The fourth-order valence-electron chi connectivity index (χ4n) is 2.39. The highest BCUT2D eigenvalue weighted by atomic mass is 15.2. The smallest absolute Gasteiger partial charge is 0.0716 e. The van der Waals surface area contributed by atoms with E-state index in [1.54, 1.807) is 6.20 Å². The molecule has 3 nitrogen and oxygen atoms in total. The first-order valence-electron chi connectivity index (χ1n) is 6.25. The molecule has 0 aliphatic rings. The molecule has 3 rings (SSSR count). The van der Waals surface area contributed by atoms with Crippen molar-refractivity contribution in [1.82, 2.24) is 10.4 Å². The van der Waals surface area contributed by atoms with E-state index < -0.39 is 0 Å². The quantitative estimate of drug-likeness (QED) is 0.554. The molecule has 3 aromatic rings. The second-order valence-corrected chi connectivity index (χ2v) is 4.43.